The van der Waals surface area contributed by atoms with Crippen molar-refractivity contribution in [2.75, 3.05) is 6.54 Å². The van der Waals surface area contributed by atoms with Crippen LogP contribution in [-0.2, 0) is 24.3 Å². The van der Waals surface area contributed by atoms with Gasteiger partial charge >= 0.3 is 5.97 Å². The van der Waals surface area contributed by atoms with Crippen LogP contribution in [0.15, 0.2) is 35.7 Å². The van der Waals surface area contributed by atoms with E-state index >= 15 is 0 Å². The molecule has 154 valence electrons. The van der Waals surface area contributed by atoms with Crippen molar-refractivity contribution in [1.29, 1.82) is 0 Å². The molecule has 0 aliphatic heterocycles. The Kier molecular flexibility index (Phi) is 8.66. The topological polar surface area (TPSA) is 102 Å². The molecule has 0 heterocycles. The van der Waals surface area contributed by atoms with Crippen molar-refractivity contribution in [3.05, 3.63) is 41.3 Å². The Morgan fingerprint density at radius 2 is 1.79 bits per heavy atom. The predicted molar refractivity (Wildman–Crippen MR) is 108 cm³/mol. The van der Waals surface area contributed by atoms with E-state index in [1.807, 2.05) is 6.07 Å². The lowest BCUT2D eigenvalue weighted by molar-refractivity contribution is -0.153. The SMILES string of the molecule is C[C@H](OC(=O)CNS(=O)(=O)/C=C/c1ccccc1)C(=O)NC1CCCCCC1. The van der Waals surface area contributed by atoms with Crippen LogP contribution in [0.25, 0.3) is 6.08 Å². The number of sulfonamides is 1. The first-order chi connectivity index (χ1) is 13.4. The van der Waals surface area contributed by atoms with Crippen LogP contribution in [0, 0.1) is 0 Å². The summed E-state index contributed by atoms with van der Waals surface area (Å²) in [5, 5.41) is 3.89. The molecule has 1 atom stereocenters. The molecule has 2 rings (SSSR count). The molecule has 7 nitrogen and oxygen atoms in total. The fourth-order valence-corrected chi connectivity index (χ4v) is 3.73. The average molecular weight is 409 g/mol. The number of hydrogen-bond donors (Lipinski definition) is 2. The maximum absolute atomic E-state index is 12.2. The first kappa shape index (κ1) is 22.1. The molecule has 0 unspecified atom stereocenters. The fraction of sp³-hybridized carbons (Fsp3) is 0.500. The van der Waals surface area contributed by atoms with E-state index in [0.717, 1.165) is 36.7 Å². The summed E-state index contributed by atoms with van der Waals surface area (Å²) in [6.07, 6.45) is 6.83. The molecule has 1 aliphatic rings. The summed E-state index contributed by atoms with van der Waals surface area (Å²) in [5.74, 6) is -1.16. The van der Waals surface area contributed by atoms with Crippen molar-refractivity contribution in [3.8, 4) is 0 Å². The fourth-order valence-electron chi connectivity index (χ4n) is 2.97. The number of rotatable bonds is 8. The lowest BCUT2D eigenvalue weighted by atomic mass is 10.1. The van der Waals surface area contributed by atoms with E-state index < -0.39 is 28.6 Å². The van der Waals surface area contributed by atoms with Crippen LogP contribution in [0.2, 0.25) is 0 Å². The van der Waals surface area contributed by atoms with Gasteiger partial charge in [0.2, 0.25) is 10.0 Å². The zero-order valence-corrected chi connectivity index (χ0v) is 16.9. The minimum absolute atomic E-state index is 0.109. The summed E-state index contributed by atoms with van der Waals surface area (Å²) < 4.78 is 31.1. The standard InChI is InChI=1S/C20H28N2O5S/c1-16(20(24)22-18-11-7-2-3-8-12-18)27-19(23)15-21-28(25,26)14-13-17-9-5-4-6-10-17/h4-6,9-10,13-14,16,18,21H,2-3,7-8,11-12,15H2,1H3,(H,22,24)/b14-13+/t16-/m0/s1. The van der Waals surface area contributed by atoms with Crippen molar-refractivity contribution in [1.82, 2.24) is 10.0 Å². The van der Waals surface area contributed by atoms with Gasteiger partial charge in [0, 0.05) is 11.4 Å². The molecule has 0 bridgehead atoms. The Morgan fingerprint density at radius 3 is 2.43 bits per heavy atom. The smallest absolute Gasteiger partial charge is 0.321 e. The van der Waals surface area contributed by atoms with Crippen LogP contribution in [-0.4, -0.2) is 39.0 Å². The Bertz CT molecular complexity index is 769. The minimum Gasteiger partial charge on any atom is -0.452 e. The minimum atomic E-state index is -3.79. The number of benzene rings is 1. The normalized spacial score (nSPS) is 17.0. The van der Waals surface area contributed by atoms with Crippen LogP contribution in [0.4, 0.5) is 0 Å². The Labute approximate surface area is 166 Å². The summed E-state index contributed by atoms with van der Waals surface area (Å²) in [6.45, 7) is 0.941. The highest BCUT2D eigenvalue weighted by atomic mass is 32.2. The van der Waals surface area contributed by atoms with Gasteiger partial charge in [-0.15, -0.1) is 0 Å². The highest BCUT2D eigenvalue weighted by molar-refractivity contribution is 7.92. The van der Waals surface area contributed by atoms with E-state index in [1.54, 1.807) is 24.3 Å². The zero-order chi connectivity index (χ0) is 20.4. The van der Waals surface area contributed by atoms with Gasteiger partial charge in [-0.1, -0.05) is 56.0 Å². The monoisotopic (exact) mass is 408 g/mol. The molecule has 2 N–H and O–H groups in total. The number of ether oxygens (including phenoxy) is 1. The Morgan fingerprint density at radius 1 is 1.14 bits per heavy atom. The molecule has 0 aromatic heterocycles. The molecule has 1 aromatic rings. The molecule has 1 fully saturated rings. The molecule has 0 saturated heterocycles. The first-order valence-corrected chi connectivity index (χ1v) is 11.1. The molecule has 28 heavy (non-hydrogen) atoms. The molecule has 8 heteroatoms. The van der Waals surface area contributed by atoms with Crippen LogP contribution < -0.4 is 10.0 Å². The number of carbonyl (C=O) groups is 2. The van der Waals surface area contributed by atoms with E-state index in [1.165, 1.54) is 25.8 Å². The van der Waals surface area contributed by atoms with Crippen LogP contribution in [0.5, 0.6) is 0 Å². The molecular formula is C20H28N2O5S. The van der Waals surface area contributed by atoms with Crippen molar-refractivity contribution < 1.29 is 22.7 Å². The van der Waals surface area contributed by atoms with Gasteiger partial charge in [-0.05, 0) is 31.4 Å². The molecule has 1 aromatic carbocycles. The molecule has 0 spiro atoms. The Balaban J connectivity index is 1.75. The average Bonchev–Trinajstić information content (AvgIpc) is 2.94. The molecule has 1 amide bonds. The van der Waals surface area contributed by atoms with Gasteiger partial charge in [-0.2, -0.15) is 0 Å². The summed E-state index contributed by atoms with van der Waals surface area (Å²) in [7, 11) is -3.79. The van der Waals surface area contributed by atoms with Crippen molar-refractivity contribution in [2.45, 2.75) is 57.6 Å². The molecule has 1 aliphatic carbocycles. The number of hydrogen-bond acceptors (Lipinski definition) is 5. The van der Waals surface area contributed by atoms with E-state index in [-0.39, 0.29) is 11.9 Å². The first-order valence-electron chi connectivity index (χ1n) is 9.58. The largest absolute Gasteiger partial charge is 0.452 e. The van der Waals surface area contributed by atoms with E-state index in [9.17, 15) is 18.0 Å². The number of amides is 1. The van der Waals surface area contributed by atoms with Gasteiger partial charge in [0.25, 0.3) is 5.91 Å². The van der Waals surface area contributed by atoms with Gasteiger partial charge in [0.1, 0.15) is 6.54 Å². The lowest BCUT2D eigenvalue weighted by Gasteiger charge is -2.19. The third-order valence-electron chi connectivity index (χ3n) is 4.54. The zero-order valence-electron chi connectivity index (χ0n) is 16.1. The quantitative estimate of drug-likeness (QED) is 0.508. The van der Waals surface area contributed by atoms with E-state index in [0.29, 0.717) is 0 Å². The van der Waals surface area contributed by atoms with Gasteiger partial charge < -0.3 is 10.1 Å². The Hall–Kier alpha value is -2.19. The summed E-state index contributed by atoms with van der Waals surface area (Å²) in [4.78, 5) is 24.1. The maximum Gasteiger partial charge on any atom is 0.321 e. The van der Waals surface area contributed by atoms with Crippen LogP contribution >= 0.6 is 0 Å². The molecule has 0 radical (unpaired) electrons. The third-order valence-corrected chi connectivity index (χ3v) is 5.58. The van der Waals surface area contributed by atoms with Gasteiger partial charge in [-0.25, -0.2) is 13.1 Å². The predicted octanol–water partition coefficient (Wildman–Crippen LogP) is 2.35. The highest BCUT2D eigenvalue weighted by Crippen LogP contribution is 2.17. The lowest BCUT2D eigenvalue weighted by Crippen LogP contribution is -2.43. The number of carbonyl (C=O) groups excluding carboxylic acids is 2. The second-order valence-electron chi connectivity index (χ2n) is 6.91. The van der Waals surface area contributed by atoms with Gasteiger partial charge in [0.15, 0.2) is 6.10 Å². The number of esters is 1. The molecule has 1 saturated carbocycles. The van der Waals surface area contributed by atoms with Crippen molar-refractivity contribution >= 4 is 28.0 Å². The highest BCUT2D eigenvalue weighted by Gasteiger charge is 2.22. The van der Waals surface area contributed by atoms with E-state index in [2.05, 4.69) is 10.0 Å². The second-order valence-corrected chi connectivity index (χ2v) is 8.56. The summed E-state index contributed by atoms with van der Waals surface area (Å²) >= 11 is 0. The van der Waals surface area contributed by atoms with Crippen molar-refractivity contribution in [3.63, 3.8) is 0 Å². The third kappa shape index (κ3) is 8.22. The van der Waals surface area contributed by atoms with E-state index in [4.69, 9.17) is 4.74 Å². The van der Waals surface area contributed by atoms with Crippen LogP contribution in [0.1, 0.15) is 51.0 Å². The number of nitrogens with one attached hydrogen (secondary N) is 2. The maximum atomic E-state index is 12.2. The molecular weight excluding hydrogens is 380 g/mol. The van der Waals surface area contributed by atoms with Gasteiger partial charge in [0.05, 0.1) is 0 Å². The van der Waals surface area contributed by atoms with Crippen molar-refractivity contribution in [2.24, 2.45) is 0 Å². The van der Waals surface area contributed by atoms with Gasteiger partial charge in [-0.3, -0.25) is 9.59 Å². The van der Waals surface area contributed by atoms with Crippen LogP contribution in [0.3, 0.4) is 0 Å². The second kappa shape index (κ2) is 11.0. The summed E-state index contributed by atoms with van der Waals surface area (Å²) in [6, 6.07) is 9.03. The summed E-state index contributed by atoms with van der Waals surface area (Å²) in [5.41, 5.74) is 0.722.